The van der Waals surface area contributed by atoms with Gasteiger partial charge in [0.25, 0.3) is 0 Å². The Morgan fingerprint density at radius 3 is 2.74 bits per heavy atom. The Labute approximate surface area is 111 Å². The first-order chi connectivity index (χ1) is 8.81. The van der Waals surface area contributed by atoms with Gasteiger partial charge in [-0.1, -0.05) is 0 Å². The maximum atomic E-state index is 12.0. The van der Waals surface area contributed by atoms with E-state index in [1.807, 2.05) is 20.8 Å². The van der Waals surface area contributed by atoms with Crippen LogP contribution in [-0.4, -0.2) is 38.1 Å². The number of hydrogen-bond acceptors (Lipinski definition) is 5. The zero-order valence-electron chi connectivity index (χ0n) is 11.5. The summed E-state index contributed by atoms with van der Waals surface area (Å²) in [5.41, 5.74) is 7.02. The maximum Gasteiger partial charge on any atom is 0.410 e. The van der Waals surface area contributed by atoms with Gasteiger partial charge in [0.15, 0.2) is 5.82 Å². The number of carbonyl (C=O) groups excluding carboxylic acids is 1. The Morgan fingerprint density at radius 1 is 1.47 bits per heavy atom. The van der Waals surface area contributed by atoms with Crippen molar-refractivity contribution in [3.05, 3.63) is 11.3 Å². The van der Waals surface area contributed by atoms with Gasteiger partial charge in [0.2, 0.25) is 0 Å². The van der Waals surface area contributed by atoms with Gasteiger partial charge in [-0.3, -0.25) is 9.58 Å². The zero-order valence-corrected chi connectivity index (χ0v) is 11.5. The molecule has 0 atom stereocenters. The lowest BCUT2D eigenvalue weighted by molar-refractivity contribution is 0.0238. The van der Waals surface area contributed by atoms with Crippen LogP contribution in [0.3, 0.4) is 0 Å². The predicted molar refractivity (Wildman–Crippen MR) is 69.2 cm³/mol. The molecule has 106 valence electrons. The van der Waals surface area contributed by atoms with Gasteiger partial charge in [-0.2, -0.15) is 5.10 Å². The second kappa shape index (κ2) is 4.73. The van der Waals surface area contributed by atoms with Gasteiger partial charge in [0.05, 0.1) is 31.9 Å². The van der Waals surface area contributed by atoms with Gasteiger partial charge in [-0.05, 0) is 20.8 Å². The summed E-state index contributed by atoms with van der Waals surface area (Å²) in [5, 5.41) is 13.1. The molecule has 0 spiro atoms. The Morgan fingerprint density at radius 2 is 2.16 bits per heavy atom. The number of aliphatic hydroxyl groups is 1. The third kappa shape index (κ3) is 2.81. The molecule has 19 heavy (non-hydrogen) atoms. The number of nitrogens with zero attached hydrogens (tertiary/aromatic N) is 3. The molecule has 0 radical (unpaired) electrons. The third-order valence-electron chi connectivity index (χ3n) is 2.85. The van der Waals surface area contributed by atoms with E-state index in [9.17, 15) is 4.79 Å². The molecule has 1 aliphatic rings. The van der Waals surface area contributed by atoms with Gasteiger partial charge in [-0.25, -0.2) is 4.79 Å². The van der Waals surface area contributed by atoms with Crippen LogP contribution in [0.4, 0.5) is 10.6 Å². The maximum absolute atomic E-state index is 12.0. The molecule has 2 rings (SSSR count). The molecule has 1 aromatic rings. The second-order valence-corrected chi connectivity index (χ2v) is 5.59. The second-order valence-electron chi connectivity index (χ2n) is 5.59. The molecule has 0 bridgehead atoms. The molecule has 0 unspecified atom stereocenters. The monoisotopic (exact) mass is 268 g/mol. The number of aliphatic hydroxyl groups excluding tert-OH is 1. The van der Waals surface area contributed by atoms with E-state index in [0.717, 1.165) is 11.3 Å². The number of anilines is 1. The van der Waals surface area contributed by atoms with Crippen molar-refractivity contribution in [2.24, 2.45) is 0 Å². The van der Waals surface area contributed by atoms with Crippen molar-refractivity contribution in [1.29, 1.82) is 0 Å². The van der Waals surface area contributed by atoms with Crippen molar-refractivity contribution >= 4 is 11.9 Å². The standard InChI is InChI=1S/C12H20N4O3/c1-12(2,3)19-11(18)15-6-8-9(7-15)16(4-5-17)14-10(8)13/h17H,4-7H2,1-3H3,(H2,13,14). The number of fused-ring (bicyclic) bond motifs is 1. The van der Waals surface area contributed by atoms with E-state index in [1.54, 1.807) is 9.58 Å². The van der Waals surface area contributed by atoms with Crippen molar-refractivity contribution in [2.75, 3.05) is 12.3 Å². The largest absolute Gasteiger partial charge is 0.444 e. The zero-order chi connectivity index (χ0) is 14.2. The number of ether oxygens (including phenoxy) is 1. The summed E-state index contributed by atoms with van der Waals surface area (Å²) < 4.78 is 6.98. The minimum Gasteiger partial charge on any atom is -0.444 e. The number of carbonyl (C=O) groups is 1. The van der Waals surface area contributed by atoms with Crippen LogP contribution in [0.25, 0.3) is 0 Å². The van der Waals surface area contributed by atoms with Gasteiger partial charge in [-0.15, -0.1) is 0 Å². The fraction of sp³-hybridized carbons (Fsp3) is 0.667. The highest BCUT2D eigenvalue weighted by molar-refractivity contribution is 5.70. The Kier molecular flexibility index (Phi) is 3.40. The number of amides is 1. The third-order valence-corrected chi connectivity index (χ3v) is 2.85. The van der Waals surface area contributed by atoms with Crippen molar-refractivity contribution in [1.82, 2.24) is 14.7 Å². The first-order valence-corrected chi connectivity index (χ1v) is 6.24. The SMILES string of the molecule is CC(C)(C)OC(=O)N1Cc2c(N)nn(CCO)c2C1. The van der Waals surface area contributed by atoms with Crippen molar-refractivity contribution in [2.45, 2.75) is 46.0 Å². The highest BCUT2D eigenvalue weighted by Gasteiger charge is 2.32. The van der Waals surface area contributed by atoms with Gasteiger partial charge >= 0.3 is 6.09 Å². The molecule has 0 saturated heterocycles. The minimum atomic E-state index is -0.519. The Balaban J connectivity index is 2.12. The van der Waals surface area contributed by atoms with Crippen LogP contribution in [0.1, 0.15) is 32.0 Å². The molecule has 7 heteroatoms. The molecular formula is C12H20N4O3. The van der Waals surface area contributed by atoms with Gasteiger partial charge in [0, 0.05) is 5.56 Å². The smallest absolute Gasteiger partial charge is 0.410 e. The van der Waals surface area contributed by atoms with E-state index in [4.69, 9.17) is 15.6 Å². The summed E-state index contributed by atoms with van der Waals surface area (Å²) in [5.74, 6) is 0.412. The quantitative estimate of drug-likeness (QED) is 0.823. The van der Waals surface area contributed by atoms with Crippen LogP contribution in [-0.2, 0) is 24.4 Å². The summed E-state index contributed by atoms with van der Waals surface area (Å²) in [7, 11) is 0. The fourth-order valence-corrected chi connectivity index (χ4v) is 2.07. The molecule has 1 aliphatic heterocycles. The molecule has 3 N–H and O–H groups in total. The summed E-state index contributed by atoms with van der Waals surface area (Å²) in [6.07, 6.45) is -0.362. The van der Waals surface area contributed by atoms with E-state index in [1.165, 1.54) is 0 Å². The van der Waals surface area contributed by atoms with Crippen molar-refractivity contribution in [3.63, 3.8) is 0 Å². The van der Waals surface area contributed by atoms with Crippen LogP contribution >= 0.6 is 0 Å². The highest BCUT2D eigenvalue weighted by atomic mass is 16.6. The van der Waals surface area contributed by atoms with Gasteiger partial charge < -0.3 is 15.6 Å². The predicted octanol–water partition coefficient (Wildman–Crippen LogP) is 0.708. The number of aromatic nitrogens is 2. The lowest BCUT2D eigenvalue weighted by atomic mass is 10.2. The summed E-state index contributed by atoms with van der Waals surface area (Å²) in [6, 6.07) is 0. The molecule has 0 aromatic carbocycles. The number of hydrogen-bond donors (Lipinski definition) is 2. The lowest BCUT2D eigenvalue weighted by Crippen LogP contribution is -2.34. The normalized spacial score (nSPS) is 14.6. The molecule has 0 saturated carbocycles. The van der Waals surface area contributed by atoms with E-state index in [2.05, 4.69) is 5.10 Å². The van der Waals surface area contributed by atoms with Crippen molar-refractivity contribution in [3.8, 4) is 0 Å². The van der Waals surface area contributed by atoms with Crippen LogP contribution < -0.4 is 5.73 Å². The van der Waals surface area contributed by atoms with Crippen LogP contribution in [0.15, 0.2) is 0 Å². The number of rotatable bonds is 2. The molecule has 7 nitrogen and oxygen atoms in total. The molecule has 2 heterocycles. The lowest BCUT2D eigenvalue weighted by Gasteiger charge is -2.24. The molecule has 0 fully saturated rings. The highest BCUT2D eigenvalue weighted by Crippen LogP contribution is 2.28. The summed E-state index contributed by atoms with van der Waals surface area (Å²) in [6.45, 7) is 6.67. The van der Waals surface area contributed by atoms with Gasteiger partial charge in [0.1, 0.15) is 5.60 Å². The Hall–Kier alpha value is -1.76. The van der Waals surface area contributed by atoms with Crippen molar-refractivity contribution < 1.29 is 14.6 Å². The van der Waals surface area contributed by atoms with E-state index in [-0.39, 0.29) is 12.7 Å². The summed E-state index contributed by atoms with van der Waals surface area (Å²) >= 11 is 0. The van der Waals surface area contributed by atoms with Crippen LogP contribution in [0, 0.1) is 0 Å². The Bertz CT molecular complexity index is 490. The van der Waals surface area contributed by atoms with Crippen LogP contribution in [0.2, 0.25) is 0 Å². The first kappa shape index (κ1) is 13.7. The molecule has 1 amide bonds. The average Bonchev–Trinajstić information content (AvgIpc) is 2.80. The average molecular weight is 268 g/mol. The molecule has 1 aromatic heterocycles. The fourth-order valence-electron chi connectivity index (χ4n) is 2.07. The number of nitrogens with two attached hydrogens (primary N) is 1. The van der Waals surface area contributed by atoms with E-state index >= 15 is 0 Å². The molecular weight excluding hydrogens is 248 g/mol. The number of nitrogen functional groups attached to an aromatic ring is 1. The topological polar surface area (TPSA) is 93.6 Å². The van der Waals surface area contributed by atoms with Crippen LogP contribution in [0.5, 0.6) is 0 Å². The minimum absolute atomic E-state index is 0.0139. The molecule has 0 aliphatic carbocycles. The van der Waals surface area contributed by atoms with E-state index in [0.29, 0.717) is 25.5 Å². The first-order valence-electron chi connectivity index (χ1n) is 6.24. The van der Waals surface area contributed by atoms with E-state index < -0.39 is 5.60 Å². The summed E-state index contributed by atoms with van der Waals surface area (Å²) in [4.78, 5) is 13.6.